The van der Waals surface area contributed by atoms with E-state index in [9.17, 15) is 0 Å². The van der Waals surface area contributed by atoms with Crippen LogP contribution in [-0.4, -0.2) is 4.98 Å². The summed E-state index contributed by atoms with van der Waals surface area (Å²) in [4.78, 5) is 4.57. The Balaban J connectivity index is 1.97. The van der Waals surface area contributed by atoms with Crippen LogP contribution in [0, 0.1) is 11.8 Å². The largest absolute Gasteiger partial charge is 0.324 e. The fourth-order valence-corrected chi connectivity index (χ4v) is 3.84. The molecule has 1 aromatic carbocycles. The third-order valence-electron chi connectivity index (χ3n) is 4.98. The Kier molecular flexibility index (Phi) is 4.02. The SMILES string of the molecule is CCC1CCCCC1C(N)c1cccc2cccnc12. The van der Waals surface area contributed by atoms with Gasteiger partial charge in [-0.1, -0.05) is 56.9 Å². The summed E-state index contributed by atoms with van der Waals surface area (Å²) in [5.74, 6) is 1.39. The van der Waals surface area contributed by atoms with E-state index in [0.717, 1.165) is 11.4 Å². The Morgan fingerprint density at radius 1 is 1.20 bits per heavy atom. The third-order valence-corrected chi connectivity index (χ3v) is 4.98. The van der Waals surface area contributed by atoms with Gasteiger partial charge in [0.05, 0.1) is 5.52 Å². The number of pyridine rings is 1. The van der Waals surface area contributed by atoms with Crippen molar-refractivity contribution in [2.24, 2.45) is 17.6 Å². The maximum Gasteiger partial charge on any atom is 0.0749 e. The lowest BCUT2D eigenvalue weighted by Crippen LogP contribution is -2.30. The van der Waals surface area contributed by atoms with Gasteiger partial charge in [0, 0.05) is 17.6 Å². The van der Waals surface area contributed by atoms with Crippen molar-refractivity contribution in [2.75, 3.05) is 0 Å². The number of aromatic nitrogens is 1. The van der Waals surface area contributed by atoms with Gasteiger partial charge in [-0.2, -0.15) is 0 Å². The van der Waals surface area contributed by atoms with E-state index in [1.165, 1.54) is 43.1 Å². The van der Waals surface area contributed by atoms with E-state index in [1.54, 1.807) is 0 Å². The molecule has 1 aliphatic rings. The molecule has 0 radical (unpaired) electrons. The minimum Gasteiger partial charge on any atom is -0.324 e. The first kappa shape index (κ1) is 13.6. The molecule has 2 heteroatoms. The van der Waals surface area contributed by atoms with E-state index in [-0.39, 0.29) is 6.04 Å². The predicted molar refractivity (Wildman–Crippen MR) is 84.4 cm³/mol. The molecule has 2 aromatic rings. The Hall–Kier alpha value is -1.41. The minimum atomic E-state index is 0.124. The second-order valence-corrected chi connectivity index (χ2v) is 6.06. The van der Waals surface area contributed by atoms with E-state index in [1.807, 2.05) is 12.3 Å². The summed E-state index contributed by atoms with van der Waals surface area (Å²) in [5.41, 5.74) is 8.98. The third kappa shape index (κ3) is 2.45. The minimum absolute atomic E-state index is 0.124. The number of hydrogen-bond donors (Lipinski definition) is 1. The molecule has 0 amide bonds. The summed E-state index contributed by atoms with van der Waals surface area (Å²) in [6, 6.07) is 10.6. The van der Waals surface area contributed by atoms with Crippen LogP contribution < -0.4 is 5.73 Å². The van der Waals surface area contributed by atoms with Gasteiger partial charge in [0.1, 0.15) is 0 Å². The normalized spacial score (nSPS) is 24.7. The molecule has 0 bridgehead atoms. The van der Waals surface area contributed by atoms with Gasteiger partial charge in [-0.3, -0.25) is 4.98 Å². The summed E-state index contributed by atoms with van der Waals surface area (Å²) in [6.45, 7) is 2.30. The first-order valence-corrected chi connectivity index (χ1v) is 7.90. The summed E-state index contributed by atoms with van der Waals surface area (Å²) < 4.78 is 0. The number of para-hydroxylation sites is 1. The number of hydrogen-bond acceptors (Lipinski definition) is 2. The first-order chi connectivity index (χ1) is 9.81. The van der Waals surface area contributed by atoms with E-state index in [4.69, 9.17) is 5.73 Å². The van der Waals surface area contributed by atoms with Crippen molar-refractivity contribution in [1.82, 2.24) is 4.98 Å². The highest BCUT2D eigenvalue weighted by Crippen LogP contribution is 2.40. The number of fused-ring (bicyclic) bond motifs is 1. The number of nitrogens with two attached hydrogens (primary N) is 1. The molecule has 0 saturated heterocycles. The van der Waals surface area contributed by atoms with Gasteiger partial charge in [0.25, 0.3) is 0 Å². The smallest absolute Gasteiger partial charge is 0.0749 e. The average molecular weight is 268 g/mol. The van der Waals surface area contributed by atoms with Gasteiger partial charge < -0.3 is 5.73 Å². The zero-order chi connectivity index (χ0) is 13.9. The second kappa shape index (κ2) is 5.92. The zero-order valence-electron chi connectivity index (χ0n) is 12.3. The fraction of sp³-hybridized carbons (Fsp3) is 0.500. The van der Waals surface area contributed by atoms with Crippen LogP contribution in [-0.2, 0) is 0 Å². The van der Waals surface area contributed by atoms with Crippen LogP contribution in [0.2, 0.25) is 0 Å². The van der Waals surface area contributed by atoms with Gasteiger partial charge in [-0.15, -0.1) is 0 Å². The maximum absolute atomic E-state index is 6.66. The summed E-state index contributed by atoms with van der Waals surface area (Å²) in [7, 11) is 0. The van der Waals surface area contributed by atoms with E-state index in [0.29, 0.717) is 5.92 Å². The number of rotatable bonds is 3. The number of nitrogens with zero attached hydrogens (tertiary/aromatic N) is 1. The molecule has 1 saturated carbocycles. The van der Waals surface area contributed by atoms with E-state index in [2.05, 4.69) is 36.2 Å². The molecule has 0 aliphatic heterocycles. The maximum atomic E-state index is 6.66. The Morgan fingerprint density at radius 2 is 2.00 bits per heavy atom. The van der Waals surface area contributed by atoms with Gasteiger partial charge in [0.2, 0.25) is 0 Å². The first-order valence-electron chi connectivity index (χ1n) is 7.90. The highest BCUT2D eigenvalue weighted by Gasteiger charge is 2.30. The van der Waals surface area contributed by atoms with Crippen LogP contribution in [0.1, 0.15) is 50.6 Å². The lowest BCUT2D eigenvalue weighted by molar-refractivity contribution is 0.197. The van der Waals surface area contributed by atoms with Crippen LogP contribution in [0.25, 0.3) is 10.9 Å². The van der Waals surface area contributed by atoms with Crippen molar-refractivity contribution in [3.8, 4) is 0 Å². The Morgan fingerprint density at radius 3 is 2.85 bits per heavy atom. The topological polar surface area (TPSA) is 38.9 Å². The van der Waals surface area contributed by atoms with E-state index < -0.39 is 0 Å². The molecule has 2 N–H and O–H groups in total. The van der Waals surface area contributed by atoms with Gasteiger partial charge in [-0.25, -0.2) is 0 Å². The average Bonchev–Trinajstić information content (AvgIpc) is 2.53. The Labute approximate surface area is 121 Å². The lowest BCUT2D eigenvalue weighted by atomic mass is 9.72. The molecule has 1 heterocycles. The molecule has 20 heavy (non-hydrogen) atoms. The molecule has 1 aromatic heterocycles. The van der Waals surface area contributed by atoms with Crippen molar-refractivity contribution < 1.29 is 0 Å². The van der Waals surface area contributed by atoms with Crippen molar-refractivity contribution >= 4 is 10.9 Å². The zero-order valence-corrected chi connectivity index (χ0v) is 12.3. The molecule has 3 unspecified atom stereocenters. The molecule has 3 rings (SSSR count). The van der Waals surface area contributed by atoms with Gasteiger partial charge >= 0.3 is 0 Å². The van der Waals surface area contributed by atoms with Crippen LogP contribution >= 0.6 is 0 Å². The van der Waals surface area contributed by atoms with E-state index >= 15 is 0 Å². The Bertz CT molecular complexity index is 573. The molecular weight excluding hydrogens is 244 g/mol. The fourth-order valence-electron chi connectivity index (χ4n) is 3.84. The molecule has 1 aliphatic carbocycles. The van der Waals surface area contributed by atoms with Crippen LogP contribution in [0.5, 0.6) is 0 Å². The van der Waals surface area contributed by atoms with Crippen molar-refractivity contribution in [3.63, 3.8) is 0 Å². The molecule has 0 spiro atoms. The number of benzene rings is 1. The van der Waals surface area contributed by atoms with Crippen molar-refractivity contribution in [2.45, 2.75) is 45.1 Å². The van der Waals surface area contributed by atoms with Crippen LogP contribution in [0.3, 0.4) is 0 Å². The summed E-state index contributed by atoms with van der Waals surface area (Å²) >= 11 is 0. The molecule has 106 valence electrons. The predicted octanol–water partition coefficient (Wildman–Crippen LogP) is 4.45. The highest BCUT2D eigenvalue weighted by molar-refractivity contribution is 5.82. The van der Waals surface area contributed by atoms with Crippen LogP contribution in [0.15, 0.2) is 36.5 Å². The second-order valence-electron chi connectivity index (χ2n) is 6.06. The summed E-state index contributed by atoms with van der Waals surface area (Å²) in [5, 5.41) is 1.20. The quantitative estimate of drug-likeness (QED) is 0.893. The molecule has 3 atom stereocenters. The van der Waals surface area contributed by atoms with Gasteiger partial charge in [0.15, 0.2) is 0 Å². The van der Waals surface area contributed by atoms with Crippen LogP contribution in [0.4, 0.5) is 0 Å². The standard InChI is InChI=1S/C18H24N2/c1-2-13-7-3-4-10-15(13)17(19)16-11-5-8-14-9-6-12-20-18(14)16/h5-6,8-9,11-13,15,17H,2-4,7,10,19H2,1H3. The van der Waals surface area contributed by atoms with Crippen molar-refractivity contribution in [1.29, 1.82) is 0 Å². The lowest BCUT2D eigenvalue weighted by Gasteiger charge is -2.35. The molecule has 2 nitrogen and oxygen atoms in total. The highest BCUT2D eigenvalue weighted by atomic mass is 14.7. The summed E-state index contributed by atoms with van der Waals surface area (Å²) in [6.07, 6.45) is 8.42. The van der Waals surface area contributed by atoms with Crippen molar-refractivity contribution in [3.05, 3.63) is 42.1 Å². The molecular formula is C18H24N2. The molecule has 1 fully saturated rings. The monoisotopic (exact) mass is 268 g/mol. The van der Waals surface area contributed by atoms with Gasteiger partial charge in [-0.05, 0) is 29.9 Å².